The number of amides is 3. The van der Waals surface area contributed by atoms with Gasteiger partial charge in [0.05, 0.1) is 18.7 Å². The first-order valence-electron chi connectivity index (χ1n) is 8.40. The van der Waals surface area contributed by atoms with Crippen molar-refractivity contribution in [3.8, 4) is 5.75 Å². The average Bonchev–Trinajstić information content (AvgIpc) is 2.82. The number of methoxy groups -OCH3 is 1. The Hall–Kier alpha value is -2.08. The number of ether oxygens (including phenoxy) is 1. The Labute approximate surface area is 151 Å². The molecule has 3 rings (SSSR count). The maximum atomic E-state index is 12.9. The minimum atomic E-state index is -0.854. The molecule has 134 valence electrons. The van der Waals surface area contributed by atoms with Crippen LogP contribution in [-0.4, -0.2) is 41.8 Å². The Bertz CT molecular complexity index is 736. The number of carbonyl (C=O) groups is 3. The molecule has 7 heteroatoms. The highest BCUT2D eigenvalue weighted by molar-refractivity contribution is 6.32. The summed E-state index contributed by atoms with van der Waals surface area (Å²) in [6, 6.07) is 4.16. The molecular weight excluding hydrogens is 344 g/mol. The summed E-state index contributed by atoms with van der Waals surface area (Å²) < 4.78 is 5.06. The van der Waals surface area contributed by atoms with Gasteiger partial charge in [0.15, 0.2) is 5.78 Å². The Kier molecular flexibility index (Phi) is 4.73. The van der Waals surface area contributed by atoms with Gasteiger partial charge in [0.25, 0.3) is 5.91 Å². The fraction of sp³-hybridized carbons (Fsp3) is 0.500. The van der Waals surface area contributed by atoms with E-state index in [0.29, 0.717) is 22.8 Å². The summed E-state index contributed by atoms with van der Waals surface area (Å²) in [6.07, 6.45) is 3.46. The Morgan fingerprint density at radius 1 is 1.40 bits per heavy atom. The van der Waals surface area contributed by atoms with Gasteiger partial charge >= 0.3 is 6.03 Å². The van der Waals surface area contributed by atoms with E-state index in [1.807, 2.05) is 6.92 Å². The molecule has 2 fully saturated rings. The van der Waals surface area contributed by atoms with Crippen LogP contribution in [0.4, 0.5) is 4.79 Å². The van der Waals surface area contributed by atoms with Gasteiger partial charge in [-0.05, 0) is 37.0 Å². The van der Waals surface area contributed by atoms with Crippen molar-refractivity contribution in [2.24, 2.45) is 5.92 Å². The van der Waals surface area contributed by atoms with Gasteiger partial charge in [0, 0.05) is 5.56 Å². The van der Waals surface area contributed by atoms with Gasteiger partial charge in [0.2, 0.25) is 0 Å². The molecule has 1 heterocycles. The van der Waals surface area contributed by atoms with Crippen LogP contribution >= 0.6 is 11.6 Å². The summed E-state index contributed by atoms with van der Waals surface area (Å²) in [5.41, 5.74) is -0.517. The van der Waals surface area contributed by atoms with Gasteiger partial charge in [-0.1, -0.05) is 31.4 Å². The van der Waals surface area contributed by atoms with Crippen LogP contribution in [0.2, 0.25) is 5.02 Å². The predicted molar refractivity (Wildman–Crippen MR) is 92.9 cm³/mol. The number of carbonyl (C=O) groups excluding carboxylic acids is 3. The summed E-state index contributed by atoms with van der Waals surface area (Å²) >= 11 is 6.05. The van der Waals surface area contributed by atoms with Crippen molar-refractivity contribution in [2.45, 2.75) is 38.1 Å². The van der Waals surface area contributed by atoms with Crippen LogP contribution in [0.1, 0.15) is 43.0 Å². The third-order valence-corrected chi connectivity index (χ3v) is 5.57. The number of hydrogen-bond acceptors (Lipinski definition) is 4. The first-order chi connectivity index (χ1) is 11.9. The van der Waals surface area contributed by atoms with E-state index in [-0.39, 0.29) is 24.2 Å². The number of nitrogens with zero attached hydrogens (tertiary/aromatic N) is 1. The molecule has 1 N–H and O–H groups in total. The van der Waals surface area contributed by atoms with Crippen LogP contribution in [-0.2, 0) is 4.79 Å². The molecule has 1 saturated carbocycles. The maximum absolute atomic E-state index is 12.9. The molecule has 0 aromatic heterocycles. The van der Waals surface area contributed by atoms with E-state index in [1.165, 1.54) is 13.2 Å². The normalized spacial score (nSPS) is 26.0. The van der Waals surface area contributed by atoms with E-state index >= 15 is 0 Å². The maximum Gasteiger partial charge on any atom is 0.325 e. The van der Waals surface area contributed by atoms with Crippen LogP contribution in [0, 0.1) is 5.92 Å². The van der Waals surface area contributed by atoms with Gasteiger partial charge in [-0.15, -0.1) is 0 Å². The molecule has 2 atom stereocenters. The summed E-state index contributed by atoms with van der Waals surface area (Å²) in [4.78, 5) is 38.8. The van der Waals surface area contributed by atoms with Gasteiger partial charge in [-0.3, -0.25) is 14.5 Å². The van der Waals surface area contributed by atoms with E-state index < -0.39 is 11.6 Å². The Balaban J connectivity index is 1.78. The average molecular weight is 365 g/mol. The Morgan fingerprint density at radius 3 is 2.80 bits per heavy atom. The summed E-state index contributed by atoms with van der Waals surface area (Å²) in [5.74, 6) is -0.109. The molecule has 25 heavy (non-hydrogen) atoms. The predicted octanol–water partition coefficient (Wildman–Crippen LogP) is 3.03. The zero-order valence-corrected chi connectivity index (χ0v) is 15.1. The number of halogens is 1. The van der Waals surface area contributed by atoms with Crippen molar-refractivity contribution in [3.05, 3.63) is 28.8 Å². The number of Topliss-reactive ketones (excluding diaryl/α,β-unsaturated/α-hetero) is 1. The monoisotopic (exact) mass is 364 g/mol. The van der Waals surface area contributed by atoms with Crippen LogP contribution in [0.5, 0.6) is 5.75 Å². The number of rotatable bonds is 4. The molecule has 0 unspecified atom stereocenters. The molecule has 1 aromatic rings. The van der Waals surface area contributed by atoms with Gasteiger partial charge in [-0.25, -0.2) is 4.79 Å². The number of ketones is 1. The van der Waals surface area contributed by atoms with Gasteiger partial charge in [-0.2, -0.15) is 0 Å². The summed E-state index contributed by atoms with van der Waals surface area (Å²) in [6.45, 7) is 1.69. The second kappa shape index (κ2) is 6.67. The largest absolute Gasteiger partial charge is 0.495 e. The number of nitrogens with one attached hydrogen (secondary N) is 1. The third-order valence-electron chi connectivity index (χ3n) is 5.28. The number of hydrogen-bond donors (Lipinski definition) is 1. The van der Waals surface area contributed by atoms with Crippen LogP contribution in [0.25, 0.3) is 0 Å². The molecule has 2 aliphatic rings. The van der Waals surface area contributed by atoms with Crippen molar-refractivity contribution < 1.29 is 19.1 Å². The fourth-order valence-electron chi connectivity index (χ4n) is 3.71. The SMILES string of the molecule is COc1ccc(C(=O)CN2C(=O)N[C@]3(CCCC[C@@H]3C)C2=O)cc1Cl. The van der Waals surface area contributed by atoms with E-state index in [0.717, 1.165) is 24.2 Å². The molecule has 1 aliphatic heterocycles. The van der Waals surface area contributed by atoms with Crippen molar-refractivity contribution >= 4 is 29.3 Å². The van der Waals surface area contributed by atoms with Crippen molar-refractivity contribution in [1.29, 1.82) is 0 Å². The summed E-state index contributed by atoms with van der Waals surface area (Å²) in [5, 5.41) is 3.15. The second-order valence-electron chi connectivity index (χ2n) is 6.71. The number of urea groups is 1. The molecule has 6 nitrogen and oxygen atoms in total. The topological polar surface area (TPSA) is 75.7 Å². The highest BCUT2D eigenvalue weighted by atomic mass is 35.5. The number of benzene rings is 1. The van der Waals surface area contributed by atoms with Crippen LogP contribution in [0.3, 0.4) is 0 Å². The molecule has 3 amide bonds. The highest BCUT2D eigenvalue weighted by Crippen LogP contribution is 2.38. The van der Waals surface area contributed by atoms with Gasteiger partial charge in [0.1, 0.15) is 11.3 Å². The lowest BCUT2D eigenvalue weighted by Gasteiger charge is -2.36. The molecule has 0 bridgehead atoms. The minimum Gasteiger partial charge on any atom is -0.495 e. The number of imide groups is 1. The highest BCUT2D eigenvalue weighted by Gasteiger charge is 2.55. The van der Waals surface area contributed by atoms with E-state index in [4.69, 9.17) is 16.3 Å². The lowest BCUT2D eigenvalue weighted by molar-refractivity contribution is -0.133. The van der Waals surface area contributed by atoms with Crippen LogP contribution < -0.4 is 10.1 Å². The molecule has 1 aromatic carbocycles. The van der Waals surface area contributed by atoms with Crippen LogP contribution in [0.15, 0.2) is 18.2 Å². The van der Waals surface area contributed by atoms with Crippen molar-refractivity contribution in [2.75, 3.05) is 13.7 Å². The Morgan fingerprint density at radius 2 is 2.16 bits per heavy atom. The van der Waals surface area contributed by atoms with E-state index in [9.17, 15) is 14.4 Å². The minimum absolute atomic E-state index is 0.0632. The molecule has 1 spiro atoms. The van der Waals surface area contributed by atoms with Crippen molar-refractivity contribution in [3.63, 3.8) is 0 Å². The first kappa shape index (κ1) is 17.7. The fourth-order valence-corrected chi connectivity index (χ4v) is 3.97. The standard InChI is InChI=1S/C18H21ClN2O4/c1-11-5-3-4-8-18(11)16(23)21(17(24)20-18)10-14(22)12-6-7-15(25-2)13(19)9-12/h6-7,9,11H,3-5,8,10H2,1-2H3,(H,20,24)/t11-,18-/m0/s1. The zero-order valence-electron chi connectivity index (χ0n) is 14.3. The smallest absolute Gasteiger partial charge is 0.325 e. The van der Waals surface area contributed by atoms with E-state index in [2.05, 4.69) is 5.32 Å². The lowest BCUT2D eigenvalue weighted by Crippen LogP contribution is -2.54. The quantitative estimate of drug-likeness (QED) is 0.658. The molecule has 0 radical (unpaired) electrons. The second-order valence-corrected chi connectivity index (χ2v) is 7.12. The van der Waals surface area contributed by atoms with E-state index in [1.54, 1.807) is 12.1 Å². The first-order valence-corrected chi connectivity index (χ1v) is 8.77. The van der Waals surface area contributed by atoms with Gasteiger partial charge < -0.3 is 10.1 Å². The molecule has 1 saturated heterocycles. The zero-order chi connectivity index (χ0) is 18.2. The van der Waals surface area contributed by atoms with Crippen molar-refractivity contribution in [1.82, 2.24) is 10.2 Å². The third kappa shape index (κ3) is 2.99. The molecule has 1 aliphatic carbocycles. The lowest BCUT2D eigenvalue weighted by atomic mass is 9.73. The summed E-state index contributed by atoms with van der Waals surface area (Å²) in [7, 11) is 1.49. The molecular formula is C18H21ClN2O4.